The molecule has 8 heteroatoms. The van der Waals surface area contributed by atoms with Gasteiger partial charge < -0.3 is 10.6 Å². The molecule has 0 radical (unpaired) electrons. The van der Waals surface area contributed by atoms with Crippen LogP contribution in [0.4, 0.5) is 5.69 Å². The number of amides is 2. The summed E-state index contributed by atoms with van der Waals surface area (Å²) in [5.41, 5.74) is 0.518. The second-order valence-electron chi connectivity index (χ2n) is 6.76. The number of sulfonamides is 1. The Morgan fingerprint density at radius 2 is 1.65 bits per heavy atom. The highest BCUT2D eigenvalue weighted by molar-refractivity contribution is 7.89. The van der Waals surface area contributed by atoms with Gasteiger partial charge in [-0.2, -0.15) is 0 Å². The molecule has 0 aromatic heterocycles. The van der Waals surface area contributed by atoms with Gasteiger partial charge in [0.15, 0.2) is 0 Å². The molecule has 0 heterocycles. The van der Waals surface area contributed by atoms with E-state index in [9.17, 15) is 18.0 Å². The smallest absolute Gasteiger partial charge is 0.240 e. The normalized spacial score (nSPS) is 13.9. The summed E-state index contributed by atoms with van der Waals surface area (Å²) >= 11 is 0. The fourth-order valence-electron chi connectivity index (χ4n) is 2.24. The Hall–Kier alpha value is -1.93. The summed E-state index contributed by atoms with van der Waals surface area (Å²) in [5.74, 6) is -0.459. The summed E-state index contributed by atoms with van der Waals surface area (Å²) in [6.07, 6.45) is 0.885. The van der Waals surface area contributed by atoms with Gasteiger partial charge in [0.1, 0.15) is 0 Å². The largest absolute Gasteiger partial charge is 0.354 e. The van der Waals surface area contributed by atoms with Crippen LogP contribution < -0.4 is 15.4 Å². The number of benzene rings is 1. The Bertz CT molecular complexity index is 714. The van der Waals surface area contributed by atoms with Crippen molar-refractivity contribution in [3.05, 3.63) is 24.3 Å². The van der Waals surface area contributed by atoms with Crippen LogP contribution in [0.15, 0.2) is 29.2 Å². The molecule has 1 rings (SSSR count). The van der Waals surface area contributed by atoms with E-state index in [0.29, 0.717) is 5.69 Å². The molecule has 1 aromatic carbocycles. The van der Waals surface area contributed by atoms with Gasteiger partial charge in [-0.25, -0.2) is 13.1 Å². The molecule has 2 atom stereocenters. The predicted octanol–water partition coefficient (Wildman–Crippen LogP) is 2.25. The summed E-state index contributed by atoms with van der Waals surface area (Å²) in [7, 11) is -3.77. The van der Waals surface area contributed by atoms with Crippen molar-refractivity contribution in [1.29, 1.82) is 0 Å². The number of anilines is 1. The second-order valence-corrected chi connectivity index (χ2v) is 8.47. The Labute approximate surface area is 156 Å². The summed E-state index contributed by atoms with van der Waals surface area (Å²) < 4.78 is 27.8. The van der Waals surface area contributed by atoms with E-state index in [4.69, 9.17) is 0 Å². The number of carbonyl (C=O) groups is 2. The minimum absolute atomic E-state index is 0.0493. The molecule has 0 fully saturated rings. The first-order chi connectivity index (χ1) is 12.0. The van der Waals surface area contributed by atoms with E-state index >= 15 is 0 Å². The molecule has 0 aliphatic carbocycles. The van der Waals surface area contributed by atoms with Gasteiger partial charge in [0, 0.05) is 31.1 Å². The monoisotopic (exact) mass is 383 g/mol. The van der Waals surface area contributed by atoms with Crippen molar-refractivity contribution in [1.82, 2.24) is 10.0 Å². The third kappa shape index (κ3) is 7.13. The molecule has 146 valence electrons. The van der Waals surface area contributed by atoms with Crippen LogP contribution >= 0.6 is 0 Å². The minimum Gasteiger partial charge on any atom is -0.354 e. The maximum absolute atomic E-state index is 12.6. The molecule has 0 saturated carbocycles. The van der Waals surface area contributed by atoms with Gasteiger partial charge in [0.25, 0.3) is 0 Å². The maximum atomic E-state index is 12.6. The minimum atomic E-state index is -3.77. The van der Waals surface area contributed by atoms with Gasteiger partial charge in [-0.1, -0.05) is 20.8 Å². The first kappa shape index (κ1) is 22.1. The fourth-order valence-corrected chi connectivity index (χ4v) is 3.62. The topological polar surface area (TPSA) is 104 Å². The average molecular weight is 384 g/mol. The molecule has 7 nitrogen and oxygen atoms in total. The maximum Gasteiger partial charge on any atom is 0.240 e. The van der Waals surface area contributed by atoms with E-state index in [2.05, 4.69) is 15.4 Å². The van der Waals surface area contributed by atoms with Crippen LogP contribution in [0.3, 0.4) is 0 Å². The molecule has 0 aliphatic heterocycles. The molecule has 3 N–H and O–H groups in total. The lowest BCUT2D eigenvalue weighted by molar-refractivity contribution is -0.122. The molecule has 26 heavy (non-hydrogen) atoms. The van der Waals surface area contributed by atoms with Crippen LogP contribution in [0, 0.1) is 5.92 Å². The average Bonchev–Trinajstić information content (AvgIpc) is 2.53. The zero-order valence-corrected chi connectivity index (χ0v) is 16.8. The Morgan fingerprint density at radius 1 is 1.08 bits per heavy atom. The van der Waals surface area contributed by atoms with E-state index in [0.717, 1.165) is 6.42 Å². The number of carbonyl (C=O) groups excluding carboxylic acids is 2. The second kappa shape index (κ2) is 9.68. The van der Waals surface area contributed by atoms with Crippen LogP contribution in [0.5, 0.6) is 0 Å². The van der Waals surface area contributed by atoms with Crippen molar-refractivity contribution in [2.45, 2.75) is 64.4 Å². The SMILES string of the molecule is CC[C@@H](C)NC(=O)C[C@@H](NS(=O)(=O)c1ccc(NC(C)=O)cc1)C(C)C. The summed E-state index contributed by atoms with van der Waals surface area (Å²) in [6, 6.07) is 5.42. The zero-order chi connectivity index (χ0) is 19.9. The van der Waals surface area contributed by atoms with Gasteiger partial charge in [0.2, 0.25) is 21.8 Å². The predicted molar refractivity (Wildman–Crippen MR) is 102 cm³/mol. The van der Waals surface area contributed by atoms with Crippen LogP contribution in [0.1, 0.15) is 47.5 Å². The van der Waals surface area contributed by atoms with Crippen molar-refractivity contribution in [3.8, 4) is 0 Å². The standard InChI is InChI=1S/C18H29N3O4S/c1-6-13(4)19-18(23)11-17(12(2)3)21-26(24,25)16-9-7-15(8-10-16)20-14(5)22/h7-10,12-13,17,21H,6,11H2,1-5H3,(H,19,23)(H,20,22)/t13-,17-/m1/s1. The first-order valence-electron chi connectivity index (χ1n) is 8.74. The summed E-state index contributed by atoms with van der Waals surface area (Å²) in [5, 5.41) is 5.44. The lowest BCUT2D eigenvalue weighted by Crippen LogP contribution is -2.43. The number of hydrogen-bond acceptors (Lipinski definition) is 4. The molecular formula is C18H29N3O4S. The molecule has 1 aromatic rings. The third-order valence-corrected chi connectivity index (χ3v) is 5.53. The van der Waals surface area contributed by atoms with Crippen molar-refractivity contribution >= 4 is 27.5 Å². The lowest BCUT2D eigenvalue weighted by Gasteiger charge is -2.23. The Morgan fingerprint density at radius 3 is 2.12 bits per heavy atom. The summed E-state index contributed by atoms with van der Waals surface area (Å²) in [4.78, 5) is 23.2. The van der Waals surface area contributed by atoms with Crippen molar-refractivity contribution < 1.29 is 18.0 Å². The van der Waals surface area contributed by atoms with Gasteiger partial charge in [0.05, 0.1) is 4.90 Å². The molecule has 2 amide bonds. The zero-order valence-electron chi connectivity index (χ0n) is 16.0. The molecular weight excluding hydrogens is 354 g/mol. The molecule has 0 spiro atoms. The van der Waals surface area contributed by atoms with Gasteiger partial charge in [-0.3, -0.25) is 9.59 Å². The molecule has 0 saturated heterocycles. The van der Waals surface area contributed by atoms with E-state index in [1.54, 1.807) is 0 Å². The van der Waals surface area contributed by atoms with E-state index in [-0.39, 0.29) is 35.1 Å². The number of rotatable bonds is 9. The van der Waals surface area contributed by atoms with Crippen LogP contribution in [0.25, 0.3) is 0 Å². The highest BCUT2D eigenvalue weighted by atomic mass is 32.2. The number of hydrogen-bond donors (Lipinski definition) is 3. The Balaban J connectivity index is 2.86. The fraction of sp³-hybridized carbons (Fsp3) is 0.556. The molecule has 0 unspecified atom stereocenters. The van der Waals surface area contributed by atoms with Crippen LogP contribution in [-0.2, 0) is 19.6 Å². The van der Waals surface area contributed by atoms with Gasteiger partial charge in [-0.05, 0) is 43.5 Å². The first-order valence-corrected chi connectivity index (χ1v) is 10.2. The van der Waals surface area contributed by atoms with E-state index in [1.165, 1.54) is 31.2 Å². The van der Waals surface area contributed by atoms with E-state index in [1.807, 2.05) is 27.7 Å². The van der Waals surface area contributed by atoms with Crippen LogP contribution in [0.2, 0.25) is 0 Å². The molecule has 0 bridgehead atoms. The number of nitrogens with one attached hydrogen (secondary N) is 3. The molecule has 0 aliphatic rings. The summed E-state index contributed by atoms with van der Waals surface area (Å²) in [6.45, 7) is 8.98. The Kier molecular flexibility index (Phi) is 8.23. The van der Waals surface area contributed by atoms with E-state index < -0.39 is 16.1 Å². The van der Waals surface area contributed by atoms with Crippen LogP contribution in [-0.4, -0.2) is 32.3 Å². The third-order valence-electron chi connectivity index (χ3n) is 4.02. The van der Waals surface area contributed by atoms with Gasteiger partial charge >= 0.3 is 0 Å². The van der Waals surface area contributed by atoms with Crippen molar-refractivity contribution in [2.75, 3.05) is 5.32 Å². The van der Waals surface area contributed by atoms with Crippen molar-refractivity contribution in [2.24, 2.45) is 5.92 Å². The quantitative estimate of drug-likeness (QED) is 0.608. The van der Waals surface area contributed by atoms with Crippen molar-refractivity contribution in [3.63, 3.8) is 0 Å². The highest BCUT2D eigenvalue weighted by Crippen LogP contribution is 2.17. The van der Waals surface area contributed by atoms with Gasteiger partial charge in [-0.15, -0.1) is 0 Å². The highest BCUT2D eigenvalue weighted by Gasteiger charge is 2.25. The lowest BCUT2D eigenvalue weighted by atomic mass is 10.0.